The summed E-state index contributed by atoms with van der Waals surface area (Å²) in [4.78, 5) is 4.08. The monoisotopic (exact) mass is 200 g/mol. The van der Waals surface area contributed by atoms with Crippen LogP contribution >= 0.6 is 11.3 Å². The van der Waals surface area contributed by atoms with E-state index in [-0.39, 0.29) is 0 Å². The second-order valence-corrected chi connectivity index (χ2v) is 4.18. The molecule has 1 aromatic heterocycles. The van der Waals surface area contributed by atoms with Gasteiger partial charge in [-0.15, -0.1) is 11.3 Å². The predicted molar refractivity (Wildman–Crippen MR) is 49.4 cm³/mol. The smallest absolute Gasteiger partial charge is 0.112 e. The fourth-order valence-electron chi connectivity index (χ4n) is 1.43. The van der Waals surface area contributed by atoms with Crippen molar-refractivity contribution in [2.45, 2.75) is 18.1 Å². The quantitative estimate of drug-likeness (QED) is 0.720. The molecule has 13 heavy (non-hydrogen) atoms. The summed E-state index contributed by atoms with van der Waals surface area (Å²) in [6, 6.07) is -0.421. The maximum Gasteiger partial charge on any atom is 0.112 e. The highest BCUT2D eigenvalue weighted by atomic mass is 32.1. The molecule has 0 saturated carbocycles. The Hall–Kier alpha value is -0.490. The van der Waals surface area contributed by atoms with Gasteiger partial charge in [-0.2, -0.15) is 0 Å². The number of nitrogens with zero attached hydrogens (tertiary/aromatic N) is 1. The fourth-order valence-corrected chi connectivity index (χ4v) is 2.18. The molecule has 0 bridgehead atoms. The van der Waals surface area contributed by atoms with E-state index in [1.54, 1.807) is 6.20 Å². The minimum atomic E-state index is -0.919. The van der Waals surface area contributed by atoms with E-state index in [1.807, 2.05) is 5.38 Å². The number of hydrogen-bond acceptors (Lipinski definition) is 5. The molecular weight excluding hydrogens is 188 g/mol. The van der Waals surface area contributed by atoms with Crippen LogP contribution < -0.4 is 5.73 Å². The third-order valence-corrected chi connectivity index (χ3v) is 3.19. The lowest BCUT2D eigenvalue weighted by molar-refractivity contribution is 0.00344. The van der Waals surface area contributed by atoms with Gasteiger partial charge in [0.15, 0.2) is 0 Å². The molecule has 1 aliphatic heterocycles. The molecule has 0 aliphatic carbocycles. The molecule has 5 heteroatoms. The van der Waals surface area contributed by atoms with Crippen molar-refractivity contribution in [2.75, 3.05) is 13.2 Å². The van der Waals surface area contributed by atoms with Gasteiger partial charge in [-0.3, -0.25) is 0 Å². The lowest BCUT2D eigenvalue weighted by Crippen LogP contribution is -2.41. The van der Waals surface area contributed by atoms with Gasteiger partial charge in [-0.1, -0.05) is 0 Å². The summed E-state index contributed by atoms with van der Waals surface area (Å²) in [5, 5.41) is 12.7. The van der Waals surface area contributed by atoms with E-state index in [2.05, 4.69) is 4.98 Å². The van der Waals surface area contributed by atoms with Crippen LogP contribution in [0.4, 0.5) is 0 Å². The number of ether oxygens (including phenoxy) is 1. The van der Waals surface area contributed by atoms with Crippen LogP contribution in [0.25, 0.3) is 0 Å². The first-order chi connectivity index (χ1) is 6.22. The van der Waals surface area contributed by atoms with E-state index in [1.165, 1.54) is 11.3 Å². The van der Waals surface area contributed by atoms with Gasteiger partial charge in [0.2, 0.25) is 0 Å². The van der Waals surface area contributed by atoms with Crippen molar-refractivity contribution >= 4 is 11.3 Å². The molecule has 2 atom stereocenters. The van der Waals surface area contributed by atoms with Gasteiger partial charge in [0.05, 0.1) is 12.6 Å². The van der Waals surface area contributed by atoms with Crippen molar-refractivity contribution in [1.82, 2.24) is 4.98 Å². The highest BCUT2D eigenvalue weighted by Gasteiger charge is 2.40. The Bertz CT molecular complexity index is 270. The van der Waals surface area contributed by atoms with Gasteiger partial charge in [0.1, 0.15) is 10.6 Å². The first-order valence-electron chi connectivity index (χ1n) is 4.17. The molecule has 0 spiro atoms. The summed E-state index contributed by atoms with van der Waals surface area (Å²) >= 11 is 1.46. The fraction of sp³-hybridized carbons (Fsp3) is 0.625. The first-order valence-corrected chi connectivity index (χ1v) is 5.05. The number of nitrogens with two attached hydrogens (primary N) is 1. The average molecular weight is 200 g/mol. The lowest BCUT2D eigenvalue weighted by atomic mass is 9.95. The molecule has 1 fully saturated rings. The van der Waals surface area contributed by atoms with E-state index in [9.17, 15) is 5.11 Å². The predicted octanol–water partition coefficient (Wildman–Crippen LogP) is 0.294. The molecular formula is C8H12N2O2S. The third kappa shape index (κ3) is 1.60. The van der Waals surface area contributed by atoms with Crippen LogP contribution in [0.15, 0.2) is 11.6 Å². The standard InChI is InChI=1S/C8H12N2O2S/c9-6(7-10-2-4-13-7)8(11)1-3-12-5-8/h2,4,6,11H,1,3,5,9H2. The number of rotatable bonds is 2. The molecule has 4 nitrogen and oxygen atoms in total. The highest BCUT2D eigenvalue weighted by molar-refractivity contribution is 7.09. The summed E-state index contributed by atoms with van der Waals surface area (Å²) in [6.45, 7) is 0.892. The van der Waals surface area contributed by atoms with Crippen LogP contribution in [0, 0.1) is 0 Å². The molecule has 1 aliphatic rings. The summed E-state index contributed by atoms with van der Waals surface area (Å²) < 4.78 is 5.13. The van der Waals surface area contributed by atoms with Crippen LogP contribution in [0.1, 0.15) is 17.5 Å². The molecule has 0 aromatic carbocycles. The summed E-state index contributed by atoms with van der Waals surface area (Å²) in [7, 11) is 0. The van der Waals surface area contributed by atoms with Crippen molar-refractivity contribution in [2.24, 2.45) is 5.73 Å². The minimum absolute atomic E-state index is 0.313. The molecule has 2 rings (SSSR count). The molecule has 1 saturated heterocycles. The van der Waals surface area contributed by atoms with Crippen molar-refractivity contribution in [3.8, 4) is 0 Å². The number of aliphatic hydroxyl groups is 1. The Balaban J connectivity index is 2.16. The van der Waals surface area contributed by atoms with Crippen molar-refractivity contribution < 1.29 is 9.84 Å². The lowest BCUT2D eigenvalue weighted by Gasteiger charge is -2.26. The van der Waals surface area contributed by atoms with Gasteiger partial charge in [-0.05, 0) is 0 Å². The summed E-state index contributed by atoms with van der Waals surface area (Å²) in [5.74, 6) is 0. The van der Waals surface area contributed by atoms with Gasteiger partial charge in [0.25, 0.3) is 0 Å². The van der Waals surface area contributed by atoms with Gasteiger partial charge >= 0.3 is 0 Å². The largest absolute Gasteiger partial charge is 0.385 e. The number of hydrogen-bond donors (Lipinski definition) is 2. The van der Waals surface area contributed by atoms with Crippen LogP contribution in [0.2, 0.25) is 0 Å². The van der Waals surface area contributed by atoms with Crippen LogP contribution in [-0.4, -0.2) is 28.9 Å². The molecule has 3 N–H and O–H groups in total. The van der Waals surface area contributed by atoms with E-state index >= 15 is 0 Å². The van der Waals surface area contributed by atoms with E-state index in [0.29, 0.717) is 19.6 Å². The topological polar surface area (TPSA) is 68.4 Å². The molecule has 0 radical (unpaired) electrons. The van der Waals surface area contributed by atoms with Crippen LogP contribution in [-0.2, 0) is 4.74 Å². The second kappa shape index (κ2) is 3.34. The summed E-state index contributed by atoms with van der Waals surface area (Å²) in [6.07, 6.45) is 2.28. The molecule has 0 amide bonds. The van der Waals surface area contributed by atoms with Gasteiger partial charge < -0.3 is 15.6 Å². The zero-order valence-corrected chi connectivity index (χ0v) is 7.96. The normalized spacial score (nSPS) is 30.6. The SMILES string of the molecule is NC(c1nccs1)C1(O)CCOC1. The van der Waals surface area contributed by atoms with Gasteiger partial charge in [0, 0.05) is 24.6 Å². The first kappa shape index (κ1) is 9.08. The zero-order valence-electron chi connectivity index (χ0n) is 7.14. The van der Waals surface area contributed by atoms with Crippen LogP contribution in [0.5, 0.6) is 0 Å². The molecule has 2 unspecified atom stereocenters. The van der Waals surface area contributed by atoms with Crippen LogP contribution in [0.3, 0.4) is 0 Å². The average Bonchev–Trinajstić information content (AvgIpc) is 2.73. The third-order valence-electron chi connectivity index (χ3n) is 2.33. The Kier molecular flexibility index (Phi) is 2.33. The molecule has 2 heterocycles. The van der Waals surface area contributed by atoms with E-state index in [0.717, 1.165) is 5.01 Å². The van der Waals surface area contributed by atoms with E-state index in [4.69, 9.17) is 10.5 Å². The number of aromatic nitrogens is 1. The summed E-state index contributed by atoms with van der Waals surface area (Å²) in [5.41, 5.74) is 4.98. The Labute approximate surface area is 80.4 Å². The Morgan fingerprint density at radius 3 is 3.15 bits per heavy atom. The highest BCUT2D eigenvalue weighted by Crippen LogP contribution is 2.31. The molecule has 1 aromatic rings. The maximum atomic E-state index is 10.0. The zero-order chi connectivity index (χ0) is 9.31. The molecule has 72 valence electrons. The van der Waals surface area contributed by atoms with Crippen molar-refractivity contribution in [1.29, 1.82) is 0 Å². The number of thiazole rings is 1. The maximum absolute atomic E-state index is 10.0. The van der Waals surface area contributed by atoms with Crippen molar-refractivity contribution in [3.05, 3.63) is 16.6 Å². The Morgan fingerprint density at radius 2 is 2.62 bits per heavy atom. The van der Waals surface area contributed by atoms with Gasteiger partial charge in [-0.25, -0.2) is 4.98 Å². The second-order valence-electron chi connectivity index (χ2n) is 3.25. The van der Waals surface area contributed by atoms with E-state index < -0.39 is 11.6 Å². The Morgan fingerprint density at radius 1 is 1.77 bits per heavy atom. The minimum Gasteiger partial charge on any atom is -0.385 e. The van der Waals surface area contributed by atoms with Crippen molar-refractivity contribution in [3.63, 3.8) is 0 Å².